The number of hydrogen-bond acceptors (Lipinski definition) is 3. The summed E-state index contributed by atoms with van der Waals surface area (Å²) < 4.78 is 2.77. The van der Waals surface area contributed by atoms with E-state index in [9.17, 15) is 9.90 Å². The van der Waals surface area contributed by atoms with E-state index < -0.39 is 11.7 Å². The molecular weight excluding hydrogens is 242 g/mol. The van der Waals surface area contributed by atoms with Crippen LogP contribution in [-0.2, 0) is 0 Å². The molecule has 0 fully saturated rings. The molecule has 0 bridgehead atoms. The molecule has 0 N–H and O–H groups in total. The van der Waals surface area contributed by atoms with Gasteiger partial charge in [-0.25, -0.2) is 9.20 Å². The third-order valence-corrected chi connectivity index (χ3v) is 2.95. The number of pyridine rings is 1. The minimum absolute atomic E-state index is 0.497. The molecule has 2 aromatic heterocycles. The summed E-state index contributed by atoms with van der Waals surface area (Å²) in [5, 5.41) is 11.7. The van der Waals surface area contributed by atoms with Crippen LogP contribution in [-0.4, -0.2) is 9.55 Å². The topological polar surface area (TPSA) is 62.1 Å². The van der Waals surface area contributed by atoms with Gasteiger partial charge in [0.1, 0.15) is 5.69 Å². The van der Waals surface area contributed by atoms with Crippen LogP contribution in [0.1, 0.15) is 5.56 Å². The van der Waals surface area contributed by atoms with E-state index in [4.69, 9.17) is 0 Å². The Balaban J connectivity index is 2.41. The van der Waals surface area contributed by atoms with Crippen molar-refractivity contribution in [2.75, 3.05) is 0 Å². The van der Waals surface area contributed by atoms with E-state index in [-0.39, 0.29) is 0 Å². The zero-order valence-electron chi connectivity index (χ0n) is 10.3. The van der Waals surface area contributed by atoms with E-state index in [2.05, 4.69) is 4.98 Å². The van der Waals surface area contributed by atoms with E-state index in [1.165, 1.54) is 8.97 Å². The SMILES string of the molecule is Cc1ccc(-n2c(=O)nc([O-])[n+]3ccccc23)cc1. The Labute approximate surface area is 109 Å². The average Bonchev–Trinajstić information content (AvgIpc) is 2.41. The lowest BCUT2D eigenvalue weighted by Gasteiger charge is -2.07. The summed E-state index contributed by atoms with van der Waals surface area (Å²) >= 11 is 0. The molecule has 19 heavy (non-hydrogen) atoms. The number of hydrogen-bond donors (Lipinski definition) is 0. The molecule has 3 aromatic rings. The highest BCUT2D eigenvalue weighted by molar-refractivity contribution is 5.43. The number of nitrogens with zero attached hydrogens (tertiary/aromatic N) is 3. The first kappa shape index (κ1) is 11.4. The van der Waals surface area contributed by atoms with Gasteiger partial charge in [-0.3, -0.25) is 0 Å². The lowest BCUT2D eigenvalue weighted by Crippen LogP contribution is -2.38. The Morgan fingerprint density at radius 3 is 2.63 bits per heavy atom. The van der Waals surface area contributed by atoms with Crippen LogP contribution in [0.2, 0.25) is 0 Å². The van der Waals surface area contributed by atoms with Gasteiger partial charge >= 0.3 is 5.69 Å². The summed E-state index contributed by atoms with van der Waals surface area (Å²) in [6.07, 6.45) is 1.59. The molecule has 0 aliphatic rings. The van der Waals surface area contributed by atoms with Crippen LogP contribution in [0.4, 0.5) is 0 Å². The summed E-state index contributed by atoms with van der Waals surface area (Å²) in [5.74, 6) is 0. The molecule has 0 saturated carbocycles. The van der Waals surface area contributed by atoms with Gasteiger partial charge in [0.05, 0.1) is 6.20 Å². The van der Waals surface area contributed by atoms with Crippen LogP contribution in [0.25, 0.3) is 11.3 Å². The molecule has 0 aliphatic heterocycles. The standard InChI is InChI=1S/C14H11N3O2/c1-10-5-7-11(8-6-10)17-12-4-2-3-9-16(12)13(18)15-14(17)19/h2-9H,1H3. The number of aromatic nitrogens is 3. The molecule has 3 rings (SSSR count). The Bertz CT molecular complexity index is 807. The normalized spacial score (nSPS) is 10.8. The molecule has 0 aliphatic carbocycles. The largest absolute Gasteiger partial charge is 0.820 e. The van der Waals surface area contributed by atoms with Crippen LogP contribution >= 0.6 is 0 Å². The number of fused-ring (bicyclic) bond motifs is 1. The minimum Gasteiger partial charge on any atom is -0.820 e. The maximum Gasteiger partial charge on any atom is 0.484 e. The second-order valence-corrected chi connectivity index (χ2v) is 4.28. The van der Waals surface area contributed by atoms with Crippen LogP contribution < -0.4 is 15.2 Å². The van der Waals surface area contributed by atoms with Crippen LogP contribution in [0.3, 0.4) is 0 Å². The maximum absolute atomic E-state index is 12.0. The first-order valence-corrected chi connectivity index (χ1v) is 5.84. The summed E-state index contributed by atoms with van der Waals surface area (Å²) in [5.41, 5.74) is 1.71. The molecule has 0 unspecified atom stereocenters. The second-order valence-electron chi connectivity index (χ2n) is 4.28. The van der Waals surface area contributed by atoms with Gasteiger partial charge in [0, 0.05) is 6.07 Å². The fraction of sp³-hybridized carbons (Fsp3) is 0.0714. The molecule has 2 heterocycles. The highest BCUT2D eigenvalue weighted by atomic mass is 16.3. The van der Waals surface area contributed by atoms with Crippen molar-refractivity contribution in [1.29, 1.82) is 0 Å². The molecule has 1 aromatic carbocycles. The van der Waals surface area contributed by atoms with Crippen LogP contribution in [0.15, 0.2) is 53.5 Å². The van der Waals surface area contributed by atoms with Crippen molar-refractivity contribution in [3.63, 3.8) is 0 Å². The van der Waals surface area contributed by atoms with Gasteiger partial charge in [0.2, 0.25) is 11.7 Å². The highest BCUT2D eigenvalue weighted by Crippen LogP contribution is 2.09. The molecule has 0 atom stereocenters. The summed E-state index contributed by atoms with van der Waals surface area (Å²) in [6.45, 7) is 1.97. The van der Waals surface area contributed by atoms with Crippen molar-refractivity contribution in [3.05, 3.63) is 64.7 Å². The smallest absolute Gasteiger partial charge is 0.484 e. The zero-order valence-corrected chi connectivity index (χ0v) is 10.3. The molecular formula is C14H11N3O2. The van der Waals surface area contributed by atoms with Crippen molar-refractivity contribution >= 4 is 5.65 Å². The second kappa shape index (κ2) is 4.20. The van der Waals surface area contributed by atoms with Gasteiger partial charge in [0.15, 0.2) is 0 Å². The van der Waals surface area contributed by atoms with Gasteiger partial charge in [0.25, 0.3) is 0 Å². The van der Waals surface area contributed by atoms with Crippen molar-refractivity contribution in [2.24, 2.45) is 0 Å². The zero-order chi connectivity index (χ0) is 13.4. The Morgan fingerprint density at radius 2 is 1.89 bits per heavy atom. The molecule has 5 heteroatoms. The third-order valence-electron chi connectivity index (χ3n) is 2.95. The Kier molecular flexibility index (Phi) is 2.52. The van der Waals surface area contributed by atoms with Crippen LogP contribution in [0, 0.1) is 6.92 Å². The summed E-state index contributed by atoms with van der Waals surface area (Å²) in [4.78, 5) is 15.5. The molecule has 0 amide bonds. The lowest BCUT2D eigenvalue weighted by molar-refractivity contribution is -0.594. The van der Waals surface area contributed by atoms with Crippen molar-refractivity contribution < 1.29 is 9.51 Å². The van der Waals surface area contributed by atoms with Crippen LogP contribution in [0.5, 0.6) is 6.01 Å². The maximum atomic E-state index is 12.0. The summed E-state index contributed by atoms with van der Waals surface area (Å²) in [6, 6.07) is 12.1. The van der Waals surface area contributed by atoms with E-state index in [1.54, 1.807) is 24.4 Å². The number of aryl methyl sites for hydroxylation is 1. The van der Waals surface area contributed by atoms with E-state index >= 15 is 0 Å². The molecule has 0 saturated heterocycles. The molecule has 0 spiro atoms. The van der Waals surface area contributed by atoms with Crippen molar-refractivity contribution in [3.8, 4) is 11.7 Å². The van der Waals surface area contributed by atoms with Gasteiger partial charge in [-0.05, 0) is 30.1 Å². The highest BCUT2D eigenvalue weighted by Gasteiger charge is 2.14. The third kappa shape index (κ3) is 1.85. The number of benzene rings is 1. The monoisotopic (exact) mass is 253 g/mol. The molecule has 5 nitrogen and oxygen atoms in total. The minimum atomic E-state index is -0.569. The van der Waals surface area contributed by atoms with Crippen molar-refractivity contribution in [1.82, 2.24) is 9.55 Å². The lowest BCUT2D eigenvalue weighted by atomic mass is 10.2. The fourth-order valence-corrected chi connectivity index (χ4v) is 2.00. The first-order chi connectivity index (χ1) is 9.16. The van der Waals surface area contributed by atoms with Gasteiger partial charge < -0.3 is 5.11 Å². The van der Waals surface area contributed by atoms with Gasteiger partial charge in [-0.1, -0.05) is 23.8 Å². The van der Waals surface area contributed by atoms with Crippen molar-refractivity contribution in [2.45, 2.75) is 6.92 Å². The quantitative estimate of drug-likeness (QED) is 0.588. The number of rotatable bonds is 1. The van der Waals surface area contributed by atoms with Gasteiger partial charge in [-0.2, -0.15) is 4.57 Å². The van der Waals surface area contributed by atoms with E-state index in [0.717, 1.165) is 5.56 Å². The van der Waals surface area contributed by atoms with E-state index in [1.807, 2.05) is 31.2 Å². The Morgan fingerprint density at radius 1 is 1.16 bits per heavy atom. The summed E-state index contributed by atoms with van der Waals surface area (Å²) in [7, 11) is 0. The average molecular weight is 253 g/mol. The first-order valence-electron chi connectivity index (χ1n) is 5.84. The van der Waals surface area contributed by atoms with Gasteiger partial charge in [-0.15, -0.1) is 0 Å². The fourth-order valence-electron chi connectivity index (χ4n) is 2.00. The van der Waals surface area contributed by atoms with E-state index in [0.29, 0.717) is 11.3 Å². The predicted octanol–water partition coefficient (Wildman–Crippen LogP) is 0.353. The Hall–Kier alpha value is -2.69. The predicted molar refractivity (Wildman–Crippen MR) is 67.2 cm³/mol. The molecule has 0 radical (unpaired) electrons. The molecule has 94 valence electrons.